The Kier molecular flexibility index (Phi) is 3.97. The van der Waals surface area contributed by atoms with Gasteiger partial charge in [-0.2, -0.15) is 0 Å². The maximum Gasteiger partial charge on any atom is 0.191 e. The summed E-state index contributed by atoms with van der Waals surface area (Å²) in [6, 6.07) is 14.0. The summed E-state index contributed by atoms with van der Waals surface area (Å²) in [7, 11) is -3.63. The minimum atomic E-state index is -3.63. The summed E-state index contributed by atoms with van der Waals surface area (Å²) in [6.45, 7) is 0.0815. The van der Waals surface area contributed by atoms with Crippen molar-refractivity contribution in [2.75, 3.05) is 6.54 Å². The van der Waals surface area contributed by atoms with Crippen LogP contribution >= 0.6 is 0 Å². The quantitative estimate of drug-likeness (QED) is 0.924. The van der Waals surface area contributed by atoms with Crippen LogP contribution in [0.1, 0.15) is 10.8 Å². The highest BCUT2D eigenvalue weighted by Gasteiger charge is 2.31. The molecule has 0 fully saturated rings. The molecule has 0 aromatic heterocycles. The Morgan fingerprint density at radius 3 is 2.16 bits per heavy atom. The van der Waals surface area contributed by atoms with Gasteiger partial charge in [-0.1, -0.05) is 36.4 Å². The van der Waals surface area contributed by atoms with E-state index >= 15 is 0 Å². The maximum atomic E-state index is 13.8. The van der Waals surface area contributed by atoms with Crippen LogP contribution in [-0.4, -0.2) is 15.0 Å². The summed E-state index contributed by atoms with van der Waals surface area (Å²) in [6.07, 6.45) is 0. The summed E-state index contributed by atoms with van der Waals surface area (Å²) in [4.78, 5) is 0.187. The van der Waals surface area contributed by atoms with Crippen molar-refractivity contribution in [3.05, 3.63) is 66.0 Å². The SMILES string of the molecule is [NH3+]C[C@H](c1ccccc1F)S(=O)(=O)c1ccccc1. The Morgan fingerprint density at radius 2 is 1.58 bits per heavy atom. The van der Waals surface area contributed by atoms with Gasteiger partial charge in [-0.15, -0.1) is 0 Å². The van der Waals surface area contributed by atoms with Gasteiger partial charge in [0.05, 0.1) is 11.4 Å². The normalized spacial score (nSPS) is 13.2. The van der Waals surface area contributed by atoms with Crippen molar-refractivity contribution in [3.63, 3.8) is 0 Å². The van der Waals surface area contributed by atoms with Gasteiger partial charge in [-0.25, -0.2) is 12.8 Å². The van der Waals surface area contributed by atoms with Gasteiger partial charge in [-0.3, -0.25) is 0 Å². The molecule has 100 valence electrons. The van der Waals surface area contributed by atoms with Crippen molar-refractivity contribution in [1.82, 2.24) is 0 Å². The maximum absolute atomic E-state index is 13.8. The molecule has 0 aliphatic rings. The predicted molar refractivity (Wildman–Crippen MR) is 70.5 cm³/mol. The summed E-state index contributed by atoms with van der Waals surface area (Å²) in [5, 5.41) is -0.962. The number of sulfone groups is 1. The summed E-state index contributed by atoms with van der Waals surface area (Å²) in [5.74, 6) is -0.518. The topological polar surface area (TPSA) is 61.8 Å². The highest BCUT2D eigenvalue weighted by Crippen LogP contribution is 2.29. The van der Waals surface area contributed by atoms with Crippen LogP contribution < -0.4 is 5.73 Å². The molecule has 5 heteroatoms. The molecule has 0 aliphatic heterocycles. The van der Waals surface area contributed by atoms with E-state index in [4.69, 9.17) is 0 Å². The van der Waals surface area contributed by atoms with Crippen molar-refractivity contribution >= 4 is 9.84 Å². The minimum Gasteiger partial charge on any atom is -0.356 e. The molecular formula is C14H15FNO2S+. The van der Waals surface area contributed by atoms with Gasteiger partial charge < -0.3 is 5.73 Å². The number of benzene rings is 2. The van der Waals surface area contributed by atoms with Crippen molar-refractivity contribution in [1.29, 1.82) is 0 Å². The van der Waals surface area contributed by atoms with E-state index in [1.165, 1.54) is 30.3 Å². The lowest BCUT2D eigenvalue weighted by Crippen LogP contribution is -2.54. The van der Waals surface area contributed by atoms with Gasteiger partial charge in [0.25, 0.3) is 0 Å². The van der Waals surface area contributed by atoms with Gasteiger partial charge in [0.2, 0.25) is 0 Å². The lowest BCUT2D eigenvalue weighted by atomic mass is 10.1. The third kappa shape index (κ3) is 2.67. The van der Waals surface area contributed by atoms with Crippen LogP contribution in [0.25, 0.3) is 0 Å². The molecule has 0 aliphatic carbocycles. The highest BCUT2D eigenvalue weighted by atomic mass is 32.2. The molecule has 2 aromatic carbocycles. The van der Waals surface area contributed by atoms with Gasteiger partial charge in [0.1, 0.15) is 11.1 Å². The predicted octanol–water partition coefficient (Wildman–Crippen LogP) is 1.58. The van der Waals surface area contributed by atoms with Gasteiger partial charge in [0.15, 0.2) is 9.84 Å². The first kappa shape index (κ1) is 13.7. The number of rotatable bonds is 4. The van der Waals surface area contributed by atoms with Gasteiger partial charge >= 0.3 is 0 Å². The van der Waals surface area contributed by atoms with E-state index in [-0.39, 0.29) is 17.0 Å². The molecule has 19 heavy (non-hydrogen) atoms. The van der Waals surface area contributed by atoms with Crippen LogP contribution in [0.5, 0.6) is 0 Å². The molecule has 0 saturated carbocycles. The second-order valence-corrected chi connectivity index (χ2v) is 6.29. The molecule has 0 saturated heterocycles. The van der Waals surface area contributed by atoms with Crippen LogP contribution in [0.4, 0.5) is 4.39 Å². The van der Waals surface area contributed by atoms with Gasteiger partial charge in [-0.05, 0) is 18.2 Å². The number of quaternary nitrogens is 1. The number of halogens is 1. The molecular weight excluding hydrogens is 265 g/mol. The molecule has 0 heterocycles. The van der Waals surface area contributed by atoms with E-state index in [1.807, 2.05) is 0 Å². The molecule has 3 N–H and O–H groups in total. The standard InChI is InChI=1S/C14H14FNO2S/c15-13-9-5-4-8-12(13)14(10-16)19(17,18)11-6-2-1-3-7-11/h1-9,14H,10,16H2/p+1/t14-/m1/s1. The number of hydrogen-bond acceptors (Lipinski definition) is 2. The number of hydrogen-bond donors (Lipinski definition) is 1. The zero-order valence-electron chi connectivity index (χ0n) is 10.3. The lowest BCUT2D eigenvalue weighted by molar-refractivity contribution is -0.367. The smallest absolute Gasteiger partial charge is 0.191 e. The summed E-state index contributed by atoms with van der Waals surface area (Å²) in [5.41, 5.74) is 3.82. The van der Waals surface area contributed by atoms with Crippen LogP contribution in [-0.2, 0) is 9.84 Å². The van der Waals surface area contributed by atoms with Crippen LogP contribution in [0.2, 0.25) is 0 Å². The second kappa shape index (κ2) is 5.50. The third-order valence-corrected chi connectivity index (χ3v) is 5.13. The first-order chi connectivity index (χ1) is 9.07. The lowest BCUT2D eigenvalue weighted by Gasteiger charge is -2.15. The van der Waals surface area contributed by atoms with Crippen molar-refractivity contribution in [3.8, 4) is 0 Å². The van der Waals surface area contributed by atoms with Crippen molar-refractivity contribution in [2.45, 2.75) is 10.1 Å². The van der Waals surface area contributed by atoms with E-state index in [1.54, 1.807) is 24.3 Å². The highest BCUT2D eigenvalue weighted by molar-refractivity contribution is 7.91. The van der Waals surface area contributed by atoms with E-state index < -0.39 is 20.9 Å². The fraction of sp³-hybridized carbons (Fsp3) is 0.143. The Balaban J connectivity index is 2.52. The monoisotopic (exact) mass is 280 g/mol. The molecule has 2 aromatic rings. The van der Waals surface area contributed by atoms with E-state index in [9.17, 15) is 12.8 Å². The van der Waals surface area contributed by atoms with Crippen molar-refractivity contribution in [2.24, 2.45) is 0 Å². The molecule has 1 atom stereocenters. The third-order valence-electron chi connectivity index (χ3n) is 2.96. The van der Waals surface area contributed by atoms with Crippen LogP contribution in [0, 0.1) is 5.82 Å². The largest absolute Gasteiger partial charge is 0.356 e. The summed E-state index contributed by atoms with van der Waals surface area (Å²) < 4.78 is 38.8. The average Bonchev–Trinajstić information content (AvgIpc) is 2.42. The van der Waals surface area contributed by atoms with E-state index in [0.717, 1.165) is 0 Å². The first-order valence-corrected chi connectivity index (χ1v) is 7.44. The fourth-order valence-corrected chi connectivity index (χ4v) is 3.69. The van der Waals surface area contributed by atoms with Gasteiger partial charge in [0, 0.05) is 5.56 Å². The molecule has 0 radical (unpaired) electrons. The molecule has 0 amide bonds. The first-order valence-electron chi connectivity index (χ1n) is 5.90. The Hall–Kier alpha value is -1.72. The average molecular weight is 280 g/mol. The zero-order chi connectivity index (χ0) is 13.9. The molecule has 3 nitrogen and oxygen atoms in total. The zero-order valence-corrected chi connectivity index (χ0v) is 11.1. The second-order valence-electron chi connectivity index (χ2n) is 4.16. The Bertz CT molecular complexity index is 656. The Labute approximate surface area is 111 Å². The van der Waals surface area contributed by atoms with Crippen LogP contribution in [0.3, 0.4) is 0 Å². The minimum absolute atomic E-state index is 0.0815. The molecule has 0 bridgehead atoms. The van der Waals surface area contributed by atoms with E-state index in [2.05, 4.69) is 5.73 Å². The molecule has 0 unspecified atom stereocenters. The Morgan fingerprint density at radius 1 is 1.00 bits per heavy atom. The van der Waals surface area contributed by atoms with E-state index in [0.29, 0.717) is 0 Å². The van der Waals surface area contributed by atoms with Crippen LogP contribution in [0.15, 0.2) is 59.5 Å². The van der Waals surface area contributed by atoms with Crippen molar-refractivity contribution < 1.29 is 18.5 Å². The fourth-order valence-electron chi connectivity index (χ4n) is 1.99. The molecule has 0 spiro atoms. The molecule has 2 rings (SSSR count). The summed E-state index contributed by atoms with van der Waals surface area (Å²) >= 11 is 0.